The van der Waals surface area contributed by atoms with Crippen molar-refractivity contribution in [2.24, 2.45) is 0 Å². The zero-order valence-electron chi connectivity index (χ0n) is 10.6. The van der Waals surface area contributed by atoms with Gasteiger partial charge in [0.15, 0.2) is 0 Å². The average Bonchev–Trinajstić information content (AvgIpc) is 2.48. The molecule has 2 rings (SSSR count). The van der Waals surface area contributed by atoms with E-state index < -0.39 is 15.9 Å². The molecule has 0 spiro atoms. The van der Waals surface area contributed by atoms with Crippen LogP contribution in [0.5, 0.6) is 5.75 Å². The number of fused-ring (bicyclic) bond motifs is 1. The standard InChI is InChI=1S/C11H15N3O4S/c1-18-9-4-3-8-7(11(9)12)5-14(19(2,16)17)6-10(15)13-8/h3-4H,5-6,12H2,1-2H3,(H,13,15). The van der Waals surface area contributed by atoms with Gasteiger partial charge in [0.1, 0.15) is 5.75 Å². The Bertz CT molecular complexity index is 627. The Labute approximate surface area is 111 Å². The van der Waals surface area contributed by atoms with Gasteiger partial charge in [-0.3, -0.25) is 4.79 Å². The van der Waals surface area contributed by atoms with Crippen molar-refractivity contribution >= 4 is 27.3 Å². The van der Waals surface area contributed by atoms with Gasteiger partial charge >= 0.3 is 0 Å². The van der Waals surface area contributed by atoms with E-state index in [1.807, 2.05) is 0 Å². The van der Waals surface area contributed by atoms with Crippen LogP contribution in [-0.2, 0) is 21.4 Å². The van der Waals surface area contributed by atoms with Crippen molar-refractivity contribution < 1.29 is 17.9 Å². The number of carbonyl (C=O) groups is 1. The summed E-state index contributed by atoms with van der Waals surface area (Å²) < 4.78 is 29.4. The molecule has 1 amide bonds. The van der Waals surface area contributed by atoms with Crippen LogP contribution in [0.1, 0.15) is 5.56 Å². The number of ether oxygens (including phenoxy) is 1. The number of hydrogen-bond donors (Lipinski definition) is 2. The summed E-state index contributed by atoms with van der Waals surface area (Å²) in [6, 6.07) is 3.28. The number of anilines is 2. The van der Waals surface area contributed by atoms with Gasteiger partial charge in [0.25, 0.3) is 0 Å². The zero-order chi connectivity index (χ0) is 14.2. The number of hydrogen-bond acceptors (Lipinski definition) is 5. The summed E-state index contributed by atoms with van der Waals surface area (Å²) in [5.74, 6) is 0.0529. The lowest BCUT2D eigenvalue weighted by atomic mass is 10.1. The van der Waals surface area contributed by atoms with Gasteiger partial charge in [0.05, 0.1) is 25.6 Å². The number of nitrogens with two attached hydrogens (primary N) is 1. The number of nitrogens with zero attached hydrogens (tertiary/aromatic N) is 1. The van der Waals surface area contributed by atoms with E-state index in [1.165, 1.54) is 7.11 Å². The van der Waals surface area contributed by atoms with Crippen molar-refractivity contribution in [3.05, 3.63) is 17.7 Å². The number of nitrogens with one attached hydrogen (secondary N) is 1. The smallest absolute Gasteiger partial charge is 0.239 e. The SMILES string of the molecule is COc1ccc2c(c1N)CN(S(C)(=O)=O)CC(=O)N2. The molecular weight excluding hydrogens is 270 g/mol. The van der Waals surface area contributed by atoms with Crippen LogP contribution in [0.4, 0.5) is 11.4 Å². The fourth-order valence-electron chi connectivity index (χ4n) is 1.93. The predicted molar refractivity (Wildman–Crippen MR) is 71.3 cm³/mol. The predicted octanol–water partition coefficient (Wildman–Crippen LogP) is -0.00890. The molecule has 3 N–H and O–H groups in total. The van der Waals surface area contributed by atoms with Crippen LogP contribution in [0, 0.1) is 0 Å². The molecule has 0 aliphatic carbocycles. The number of nitrogen functional groups attached to an aromatic ring is 1. The molecule has 1 aromatic rings. The number of amides is 1. The van der Waals surface area contributed by atoms with Crippen molar-refractivity contribution in [2.45, 2.75) is 6.54 Å². The van der Waals surface area contributed by atoms with Crippen LogP contribution < -0.4 is 15.8 Å². The second-order valence-corrected chi connectivity index (χ2v) is 6.27. The third-order valence-corrected chi connectivity index (χ3v) is 4.13. The van der Waals surface area contributed by atoms with Gasteiger partial charge < -0.3 is 15.8 Å². The highest BCUT2D eigenvalue weighted by atomic mass is 32.2. The first kappa shape index (κ1) is 13.6. The highest BCUT2D eigenvalue weighted by molar-refractivity contribution is 7.88. The molecule has 0 atom stereocenters. The first-order valence-corrected chi connectivity index (χ1v) is 7.38. The van der Waals surface area contributed by atoms with Crippen LogP contribution in [0.25, 0.3) is 0 Å². The maximum atomic E-state index is 11.7. The second kappa shape index (κ2) is 4.71. The summed E-state index contributed by atoms with van der Waals surface area (Å²) in [5.41, 5.74) is 7.31. The largest absolute Gasteiger partial charge is 0.495 e. The molecule has 7 nitrogen and oxygen atoms in total. The van der Waals surface area contributed by atoms with Crippen LogP contribution in [0.3, 0.4) is 0 Å². The summed E-state index contributed by atoms with van der Waals surface area (Å²) in [4.78, 5) is 11.7. The van der Waals surface area contributed by atoms with Gasteiger partial charge in [0, 0.05) is 17.8 Å². The molecular formula is C11H15N3O4S. The Kier molecular flexibility index (Phi) is 3.38. The molecule has 19 heavy (non-hydrogen) atoms. The number of carbonyl (C=O) groups excluding carboxylic acids is 1. The van der Waals surface area contributed by atoms with Gasteiger partial charge in [-0.05, 0) is 12.1 Å². The molecule has 1 aliphatic rings. The van der Waals surface area contributed by atoms with E-state index in [1.54, 1.807) is 12.1 Å². The molecule has 1 aliphatic heterocycles. The van der Waals surface area contributed by atoms with Crippen molar-refractivity contribution in [3.63, 3.8) is 0 Å². The zero-order valence-corrected chi connectivity index (χ0v) is 11.5. The van der Waals surface area contributed by atoms with Gasteiger partial charge in [-0.2, -0.15) is 4.31 Å². The molecule has 0 bridgehead atoms. The maximum Gasteiger partial charge on any atom is 0.239 e. The van der Waals surface area contributed by atoms with E-state index >= 15 is 0 Å². The monoisotopic (exact) mass is 285 g/mol. The Morgan fingerprint density at radius 1 is 1.37 bits per heavy atom. The van der Waals surface area contributed by atoms with Crippen molar-refractivity contribution in [3.8, 4) is 5.75 Å². The normalized spacial score (nSPS) is 16.4. The van der Waals surface area contributed by atoms with Gasteiger partial charge in [-0.1, -0.05) is 0 Å². The fraction of sp³-hybridized carbons (Fsp3) is 0.364. The van der Waals surface area contributed by atoms with Gasteiger partial charge in [-0.25, -0.2) is 8.42 Å². The first-order chi connectivity index (χ1) is 8.82. The average molecular weight is 285 g/mol. The number of sulfonamides is 1. The highest BCUT2D eigenvalue weighted by Gasteiger charge is 2.27. The lowest BCUT2D eigenvalue weighted by molar-refractivity contribution is -0.116. The third-order valence-electron chi connectivity index (χ3n) is 2.93. The lowest BCUT2D eigenvalue weighted by Gasteiger charge is -2.18. The minimum atomic E-state index is -3.49. The van der Waals surface area contributed by atoms with Gasteiger partial charge in [0.2, 0.25) is 15.9 Å². The maximum absolute atomic E-state index is 11.7. The van der Waals surface area contributed by atoms with Crippen LogP contribution in [0.2, 0.25) is 0 Å². The number of rotatable bonds is 2. The van der Waals surface area contributed by atoms with Crippen molar-refractivity contribution in [1.29, 1.82) is 0 Å². The fourth-order valence-corrected chi connectivity index (χ4v) is 2.64. The molecule has 8 heteroatoms. The topological polar surface area (TPSA) is 102 Å². The van der Waals surface area contributed by atoms with Crippen LogP contribution in [-0.4, -0.2) is 38.5 Å². The molecule has 0 saturated heterocycles. The Hall–Kier alpha value is -1.80. The number of methoxy groups -OCH3 is 1. The van der Waals surface area contributed by atoms with E-state index in [-0.39, 0.29) is 13.1 Å². The lowest BCUT2D eigenvalue weighted by Crippen LogP contribution is -2.34. The number of benzene rings is 1. The van der Waals surface area contributed by atoms with E-state index in [9.17, 15) is 13.2 Å². The molecule has 1 aromatic carbocycles. The quantitative estimate of drug-likeness (QED) is 0.744. The molecule has 104 valence electrons. The Morgan fingerprint density at radius 2 is 2.05 bits per heavy atom. The van der Waals surface area contributed by atoms with Crippen LogP contribution >= 0.6 is 0 Å². The van der Waals surface area contributed by atoms with Crippen molar-refractivity contribution in [2.75, 3.05) is 31.0 Å². The summed E-state index contributed by atoms with van der Waals surface area (Å²) in [5, 5.41) is 2.64. The Morgan fingerprint density at radius 3 is 2.63 bits per heavy atom. The Balaban J connectivity index is 2.54. The molecule has 0 unspecified atom stereocenters. The van der Waals surface area contributed by atoms with E-state index in [4.69, 9.17) is 10.5 Å². The summed E-state index contributed by atoms with van der Waals surface area (Å²) in [7, 11) is -2.01. The minimum absolute atomic E-state index is 0.0376. The summed E-state index contributed by atoms with van der Waals surface area (Å²) in [6.07, 6.45) is 1.06. The summed E-state index contributed by atoms with van der Waals surface area (Å²) >= 11 is 0. The van der Waals surface area contributed by atoms with E-state index in [0.717, 1.165) is 10.6 Å². The van der Waals surface area contributed by atoms with Crippen LogP contribution in [0.15, 0.2) is 12.1 Å². The molecule has 0 radical (unpaired) electrons. The third kappa shape index (κ3) is 2.64. The van der Waals surface area contributed by atoms with Crippen molar-refractivity contribution in [1.82, 2.24) is 4.31 Å². The summed E-state index contributed by atoms with van der Waals surface area (Å²) in [6.45, 7) is -0.189. The minimum Gasteiger partial charge on any atom is -0.495 e. The highest BCUT2D eigenvalue weighted by Crippen LogP contribution is 2.34. The van der Waals surface area contributed by atoms with E-state index in [2.05, 4.69) is 5.32 Å². The second-order valence-electron chi connectivity index (χ2n) is 4.29. The van der Waals surface area contributed by atoms with E-state index in [0.29, 0.717) is 22.7 Å². The molecule has 0 aromatic heterocycles. The molecule has 1 heterocycles. The van der Waals surface area contributed by atoms with Gasteiger partial charge in [-0.15, -0.1) is 0 Å². The molecule has 0 fully saturated rings. The first-order valence-electron chi connectivity index (χ1n) is 5.53. The molecule has 0 saturated carbocycles.